The average Bonchev–Trinajstić information content (AvgIpc) is 3.39. The molecule has 1 aliphatic heterocycles. The van der Waals surface area contributed by atoms with E-state index in [0.29, 0.717) is 32.1 Å². The van der Waals surface area contributed by atoms with Gasteiger partial charge >= 0.3 is 23.9 Å². The Labute approximate surface area is 451 Å². The molecule has 0 radical (unpaired) electrons. The first-order valence-electron chi connectivity index (χ1n) is 28.2. The third-order valence-electron chi connectivity index (χ3n) is 11.7. The summed E-state index contributed by atoms with van der Waals surface area (Å²) in [5, 5.41) is 31.4. The molecule has 12 nitrogen and oxygen atoms in total. The quantitative estimate of drug-likeness (QED) is 0.0228. The maximum atomic E-state index is 13.1. The molecule has 0 amide bonds. The van der Waals surface area contributed by atoms with Crippen molar-refractivity contribution < 1.29 is 58.2 Å². The minimum Gasteiger partial charge on any atom is -0.479 e. The molecular weight excluding hydrogens is 949 g/mol. The zero-order valence-corrected chi connectivity index (χ0v) is 46.0. The van der Waals surface area contributed by atoms with Crippen molar-refractivity contribution in [2.45, 2.75) is 225 Å². The van der Waals surface area contributed by atoms with Crippen LogP contribution >= 0.6 is 0 Å². The van der Waals surface area contributed by atoms with Crippen molar-refractivity contribution in [3.05, 3.63) is 134 Å². The number of aliphatic hydroxyl groups is 2. The van der Waals surface area contributed by atoms with Crippen LogP contribution in [-0.2, 0) is 42.9 Å². The Morgan fingerprint density at radius 2 is 0.867 bits per heavy atom. The number of rotatable bonds is 45. The van der Waals surface area contributed by atoms with Crippen molar-refractivity contribution in [1.29, 1.82) is 0 Å². The molecular formula is C63H96O12. The molecule has 6 unspecified atom stereocenters. The summed E-state index contributed by atoms with van der Waals surface area (Å²) in [6.07, 6.45) is 57.5. The third-order valence-corrected chi connectivity index (χ3v) is 11.7. The zero-order chi connectivity index (χ0) is 54.7. The molecule has 0 spiro atoms. The summed E-state index contributed by atoms with van der Waals surface area (Å²) < 4.78 is 28.2. The normalized spacial score (nSPS) is 19.2. The number of allylic oxidation sites excluding steroid dienone is 22. The summed E-state index contributed by atoms with van der Waals surface area (Å²) in [5.41, 5.74) is 0. The lowest BCUT2D eigenvalue weighted by Crippen LogP contribution is -2.61. The van der Waals surface area contributed by atoms with E-state index in [1.807, 2.05) is 30.4 Å². The molecule has 0 bridgehead atoms. The van der Waals surface area contributed by atoms with Crippen LogP contribution in [0.3, 0.4) is 0 Å². The predicted molar refractivity (Wildman–Crippen MR) is 303 cm³/mol. The molecule has 3 N–H and O–H groups in total. The molecule has 1 heterocycles. The highest BCUT2D eigenvalue weighted by Gasteiger charge is 2.50. The molecule has 1 saturated heterocycles. The summed E-state index contributed by atoms with van der Waals surface area (Å²) >= 11 is 0. The highest BCUT2D eigenvalue weighted by Crippen LogP contribution is 2.26. The smallest absolute Gasteiger partial charge is 0.335 e. The van der Waals surface area contributed by atoms with Gasteiger partial charge in [0.2, 0.25) is 0 Å². The highest BCUT2D eigenvalue weighted by atomic mass is 16.7. The molecule has 1 fully saturated rings. The first kappa shape index (κ1) is 67.9. The topological polar surface area (TPSA) is 175 Å². The van der Waals surface area contributed by atoms with Gasteiger partial charge in [0.25, 0.3) is 0 Å². The van der Waals surface area contributed by atoms with Crippen LogP contribution in [-0.4, -0.2) is 89.2 Å². The fourth-order valence-electron chi connectivity index (χ4n) is 7.46. The van der Waals surface area contributed by atoms with Crippen molar-refractivity contribution in [2.75, 3.05) is 13.2 Å². The van der Waals surface area contributed by atoms with E-state index in [0.717, 1.165) is 89.9 Å². The van der Waals surface area contributed by atoms with Crippen LogP contribution in [0.2, 0.25) is 0 Å². The second-order valence-electron chi connectivity index (χ2n) is 18.4. The molecule has 0 saturated carbocycles. The molecule has 12 heteroatoms. The van der Waals surface area contributed by atoms with Gasteiger partial charge in [0.05, 0.1) is 6.61 Å². The molecule has 420 valence electrons. The number of unbranched alkanes of at least 4 members (excludes halogenated alkanes) is 9. The largest absolute Gasteiger partial charge is 0.479 e. The predicted octanol–water partition coefficient (Wildman–Crippen LogP) is 14.2. The number of carbonyl (C=O) groups is 4. The van der Waals surface area contributed by atoms with Crippen LogP contribution < -0.4 is 0 Å². The van der Waals surface area contributed by atoms with E-state index in [-0.39, 0.29) is 19.3 Å². The number of carboxylic acid groups (broad SMARTS) is 1. The molecule has 1 rings (SSSR count). The maximum absolute atomic E-state index is 13.1. The standard InChI is InChI=1S/C63H96O12/c1-4-7-10-13-16-19-22-25-26-27-28-29-30-33-34-37-40-43-46-49-55(64)71-52-54(73-56(65)50-47-44-41-38-35-31-23-20-17-14-11-8-5-2)53-72-63-61(59(68)58(67)60(75-63)62(69)70)74-57(66)51-48-45-42-39-36-32-24-21-18-15-12-9-6-3/h7-8,10-11,16-17,19-21,24-26,28-29,31,33-35,40-41,43-44,54,58-61,63,67-68H,4-6,9,12-15,18,22-23,27,30,32,36-39,42,45-53H2,1-3H3,(H,69,70)/b10-7-,11-8-,19-16-,20-17-,24-21-,26-25-,29-28-,34-33-,35-31-,43-40-,44-41-. The van der Waals surface area contributed by atoms with Crippen LogP contribution in [0.5, 0.6) is 0 Å². The van der Waals surface area contributed by atoms with Crippen LogP contribution in [0.1, 0.15) is 188 Å². The number of ether oxygens (including phenoxy) is 5. The van der Waals surface area contributed by atoms with Gasteiger partial charge in [-0.2, -0.15) is 0 Å². The van der Waals surface area contributed by atoms with E-state index in [1.165, 1.54) is 25.7 Å². The Balaban J connectivity index is 2.80. The van der Waals surface area contributed by atoms with Gasteiger partial charge in [0.15, 0.2) is 24.6 Å². The number of esters is 3. The monoisotopic (exact) mass is 1040 g/mol. The first-order chi connectivity index (χ1) is 36.6. The van der Waals surface area contributed by atoms with E-state index < -0.39 is 73.9 Å². The summed E-state index contributed by atoms with van der Waals surface area (Å²) in [6, 6.07) is 0. The van der Waals surface area contributed by atoms with Crippen molar-refractivity contribution in [2.24, 2.45) is 0 Å². The van der Waals surface area contributed by atoms with Gasteiger partial charge in [-0.3, -0.25) is 14.4 Å². The van der Waals surface area contributed by atoms with Crippen LogP contribution in [0.25, 0.3) is 0 Å². The summed E-state index contributed by atoms with van der Waals surface area (Å²) in [7, 11) is 0. The molecule has 0 aromatic heterocycles. The van der Waals surface area contributed by atoms with Gasteiger partial charge in [-0.25, -0.2) is 4.79 Å². The van der Waals surface area contributed by atoms with E-state index in [2.05, 4.69) is 124 Å². The van der Waals surface area contributed by atoms with Crippen molar-refractivity contribution in [1.82, 2.24) is 0 Å². The van der Waals surface area contributed by atoms with E-state index in [1.54, 1.807) is 0 Å². The van der Waals surface area contributed by atoms with Gasteiger partial charge in [-0.05, 0) is 109 Å². The minimum absolute atomic E-state index is 0.0176. The lowest BCUT2D eigenvalue weighted by atomic mass is 9.98. The van der Waals surface area contributed by atoms with Crippen molar-refractivity contribution >= 4 is 23.9 Å². The number of hydrogen-bond acceptors (Lipinski definition) is 11. The lowest BCUT2D eigenvalue weighted by molar-refractivity contribution is -0.301. The Hall–Kier alpha value is -5.14. The Bertz CT molecular complexity index is 1810. The van der Waals surface area contributed by atoms with E-state index in [9.17, 15) is 34.5 Å². The second-order valence-corrected chi connectivity index (χ2v) is 18.4. The second kappa shape index (κ2) is 49.7. The van der Waals surface area contributed by atoms with Gasteiger partial charge in [0, 0.05) is 19.3 Å². The average molecular weight is 1050 g/mol. The lowest BCUT2D eigenvalue weighted by Gasteiger charge is -2.40. The number of hydrogen-bond donors (Lipinski definition) is 3. The zero-order valence-electron chi connectivity index (χ0n) is 46.0. The first-order valence-corrected chi connectivity index (χ1v) is 28.2. The third kappa shape index (κ3) is 39.9. The maximum Gasteiger partial charge on any atom is 0.335 e. The summed E-state index contributed by atoms with van der Waals surface area (Å²) in [5.74, 6) is -3.38. The van der Waals surface area contributed by atoms with Gasteiger partial charge in [0.1, 0.15) is 18.8 Å². The van der Waals surface area contributed by atoms with Gasteiger partial charge in [-0.15, -0.1) is 0 Å². The number of aliphatic hydroxyl groups excluding tert-OH is 2. The number of aliphatic carboxylic acids is 1. The number of carboxylic acids is 1. The molecule has 0 aliphatic carbocycles. The fraction of sp³-hybridized carbons (Fsp3) is 0.587. The van der Waals surface area contributed by atoms with Crippen molar-refractivity contribution in [3.63, 3.8) is 0 Å². The van der Waals surface area contributed by atoms with Crippen LogP contribution in [0, 0.1) is 0 Å². The Kier molecular flexibility index (Phi) is 45.0. The fourth-order valence-corrected chi connectivity index (χ4v) is 7.46. The SMILES string of the molecule is CC/C=C\C/C=C\C/C=C\C/C=C\C/C=C\C/C=C\CCC(=O)OCC(COC1OC(C(=O)O)C(O)C(O)C1OC(=O)CCCCCCC/C=C\CCCCCC)OC(=O)CC/C=C\C/C=C\C/C=C\C/C=C\CC. The molecule has 0 aromatic carbocycles. The van der Waals surface area contributed by atoms with Gasteiger partial charge in [-0.1, -0.05) is 193 Å². The minimum atomic E-state index is -1.93. The molecule has 0 aromatic rings. The van der Waals surface area contributed by atoms with E-state index >= 15 is 0 Å². The van der Waals surface area contributed by atoms with Crippen LogP contribution in [0.4, 0.5) is 0 Å². The van der Waals surface area contributed by atoms with Gasteiger partial charge < -0.3 is 39.0 Å². The molecule has 1 aliphatic rings. The summed E-state index contributed by atoms with van der Waals surface area (Å²) in [4.78, 5) is 50.9. The highest BCUT2D eigenvalue weighted by molar-refractivity contribution is 5.74. The number of carbonyl (C=O) groups excluding carboxylic acids is 3. The van der Waals surface area contributed by atoms with E-state index in [4.69, 9.17) is 23.7 Å². The Morgan fingerprint density at radius 3 is 1.33 bits per heavy atom. The van der Waals surface area contributed by atoms with Crippen molar-refractivity contribution in [3.8, 4) is 0 Å². The van der Waals surface area contributed by atoms with Crippen LogP contribution in [0.15, 0.2) is 134 Å². The molecule has 75 heavy (non-hydrogen) atoms. The molecule has 6 atom stereocenters. The summed E-state index contributed by atoms with van der Waals surface area (Å²) in [6.45, 7) is 5.58. The Morgan fingerprint density at radius 1 is 0.453 bits per heavy atom.